The van der Waals surface area contributed by atoms with Crippen LogP contribution in [0.3, 0.4) is 0 Å². The number of piperidine rings is 1. The molecule has 1 heterocycles. The van der Waals surface area contributed by atoms with E-state index in [4.69, 9.17) is 0 Å². The second-order valence-electron chi connectivity index (χ2n) is 5.88. The average Bonchev–Trinajstić information content (AvgIpc) is 3.31. The SMILES string of the molecule is O=C(NC1CC1)C1CCCN(C(=O)c2ccc(F)cc2)C1. The van der Waals surface area contributed by atoms with Gasteiger partial charge >= 0.3 is 0 Å². The van der Waals surface area contributed by atoms with Gasteiger partial charge in [-0.1, -0.05) is 0 Å². The summed E-state index contributed by atoms with van der Waals surface area (Å²) < 4.78 is 12.9. The van der Waals surface area contributed by atoms with Gasteiger partial charge < -0.3 is 10.2 Å². The van der Waals surface area contributed by atoms with E-state index in [0.717, 1.165) is 25.7 Å². The molecule has 0 radical (unpaired) electrons. The van der Waals surface area contributed by atoms with E-state index in [2.05, 4.69) is 5.32 Å². The molecule has 3 rings (SSSR count). The number of carbonyl (C=O) groups is 2. The molecule has 1 aromatic carbocycles. The topological polar surface area (TPSA) is 49.4 Å². The maximum atomic E-state index is 12.9. The minimum absolute atomic E-state index is 0.0640. The van der Waals surface area contributed by atoms with Gasteiger partial charge in [0.2, 0.25) is 5.91 Å². The summed E-state index contributed by atoms with van der Waals surface area (Å²) in [7, 11) is 0. The molecule has 5 heteroatoms. The quantitative estimate of drug-likeness (QED) is 0.925. The van der Waals surface area contributed by atoms with Crippen molar-refractivity contribution in [1.82, 2.24) is 10.2 Å². The van der Waals surface area contributed by atoms with Crippen LogP contribution >= 0.6 is 0 Å². The number of carbonyl (C=O) groups excluding carboxylic acids is 2. The van der Waals surface area contributed by atoms with Gasteiger partial charge in [0.25, 0.3) is 5.91 Å². The van der Waals surface area contributed by atoms with E-state index >= 15 is 0 Å². The molecule has 1 unspecified atom stereocenters. The van der Waals surface area contributed by atoms with Gasteiger partial charge in [-0.05, 0) is 49.9 Å². The largest absolute Gasteiger partial charge is 0.353 e. The number of hydrogen-bond donors (Lipinski definition) is 1. The molecule has 112 valence electrons. The van der Waals surface area contributed by atoms with Gasteiger partial charge in [-0.3, -0.25) is 9.59 Å². The Labute approximate surface area is 123 Å². The fourth-order valence-electron chi connectivity index (χ4n) is 2.70. The van der Waals surface area contributed by atoms with Crippen molar-refractivity contribution in [1.29, 1.82) is 0 Å². The van der Waals surface area contributed by atoms with Crippen molar-refractivity contribution in [3.8, 4) is 0 Å². The zero-order valence-corrected chi connectivity index (χ0v) is 11.8. The van der Waals surface area contributed by atoms with Crippen LogP contribution in [-0.4, -0.2) is 35.8 Å². The Morgan fingerprint density at radius 1 is 1.14 bits per heavy atom. The van der Waals surface area contributed by atoms with E-state index in [1.165, 1.54) is 24.3 Å². The number of halogens is 1. The summed E-state index contributed by atoms with van der Waals surface area (Å²) in [5.74, 6) is -0.538. The fraction of sp³-hybridized carbons (Fsp3) is 0.500. The Bertz CT molecular complexity index is 540. The molecule has 1 aromatic rings. The Morgan fingerprint density at radius 2 is 1.86 bits per heavy atom. The van der Waals surface area contributed by atoms with Crippen LogP contribution in [0.5, 0.6) is 0 Å². The third-order valence-corrected chi connectivity index (χ3v) is 4.09. The van der Waals surface area contributed by atoms with E-state index in [0.29, 0.717) is 24.7 Å². The van der Waals surface area contributed by atoms with Gasteiger partial charge in [-0.15, -0.1) is 0 Å². The van der Waals surface area contributed by atoms with Gasteiger partial charge in [0.15, 0.2) is 0 Å². The third-order valence-electron chi connectivity index (χ3n) is 4.09. The molecular formula is C16H19FN2O2. The van der Waals surface area contributed by atoms with Crippen LogP contribution in [0.1, 0.15) is 36.0 Å². The summed E-state index contributed by atoms with van der Waals surface area (Å²) in [5, 5.41) is 3.00. The molecule has 2 aliphatic rings. The summed E-state index contributed by atoms with van der Waals surface area (Å²) in [4.78, 5) is 26.2. The first-order chi connectivity index (χ1) is 10.1. The third kappa shape index (κ3) is 3.40. The first-order valence-electron chi connectivity index (χ1n) is 7.49. The normalized spacial score (nSPS) is 22.0. The monoisotopic (exact) mass is 290 g/mol. The number of amides is 2. The Hall–Kier alpha value is -1.91. The summed E-state index contributed by atoms with van der Waals surface area (Å²) in [5.41, 5.74) is 0.472. The van der Waals surface area contributed by atoms with Crippen LogP contribution in [0.4, 0.5) is 4.39 Å². The number of rotatable bonds is 3. The fourth-order valence-corrected chi connectivity index (χ4v) is 2.70. The summed E-state index contributed by atoms with van der Waals surface area (Å²) in [6, 6.07) is 5.90. The highest BCUT2D eigenvalue weighted by Crippen LogP contribution is 2.23. The summed E-state index contributed by atoms with van der Waals surface area (Å²) >= 11 is 0. The minimum atomic E-state index is -0.355. The first-order valence-corrected chi connectivity index (χ1v) is 7.49. The van der Waals surface area contributed by atoms with E-state index in [1.807, 2.05) is 0 Å². The second kappa shape index (κ2) is 5.84. The van der Waals surface area contributed by atoms with Crippen LogP contribution < -0.4 is 5.32 Å². The van der Waals surface area contributed by atoms with Crippen LogP contribution in [0, 0.1) is 11.7 Å². The van der Waals surface area contributed by atoms with Crippen LogP contribution in [0.15, 0.2) is 24.3 Å². The van der Waals surface area contributed by atoms with E-state index in [-0.39, 0.29) is 23.5 Å². The number of nitrogens with one attached hydrogen (secondary N) is 1. The lowest BCUT2D eigenvalue weighted by molar-refractivity contribution is -0.126. The average molecular weight is 290 g/mol. The molecule has 1 saturated carbocycles. The zero-order chi connectivity index (χ0) is 14.8. The number of benzene rings is 1. The van der Waals surface area contributed by atoms with E-state index in [9.17, 15) is 14.0 Å². The van der Waals surface area contributed by atoms with Gasteiger partial charge in [-0.2, -0.15) is 0 Å². The predicted octanol–water partition coefficient (Wildman–Crippen LogP) is 1.96. The van der Waals surface area contributed by atoms with Crippen molar-refractivity contribution in [2.75, 3.05) is 13.1 Å². The minimum Gasteiger partial charge on any atom is -0.353 e. The second-order valence-corrected chi connectivity index (χ2v) is 5.88. The lowest BCUT2D eigenvalue weighted by atomic mass is 9.96. The van der Waals surface area contributed by atoms with Gasteiger partial charge in [0.1, 0.15) is 5.82 Å². The van der Waals surface area contributed by atoms with Crippen molar-refractivity contribution < 1.29 is 14.0 Å². The molecule has 1 saturated heterocycles. The highest BCUT2D eigenvalue weighted by atomic mass is 19.1. The predicted molar refractivity (Wildman–Crippen MR) is 76.2 cm³/mol. The maximum absolute atomic E-state index is 12.9. The molecule has 4 nitrogen and oxygen atoms in total. The standard InChI is InChI=1S/C16H19FN2O2/c17-13-5-3-11(4-6-13)16(21)19-9-1-2-12(10-19)15(20)18-14-7-8-14/h3-6,12,14H,1-2,7-10H2,(H,18,20). The maximum Gasteiger partial charge on any atom is 0.253 e. The molecule has 1 aliphatic carbocycles. The molecule has 1 atom stereocenters. The highest BCUT2D eigenvalue weighted by Gasteiger charge is 2.32. The Morgan fingerprint density at radius 3 is 2.52 bits per heavy atom. The van der Waals surface area contributed by atoms with E-state index in [1.54, 1.807) is 4.90 Å². The number of likely N-dealkylation sites (tertiary alicyclic amines) is 1. The summed E-state index contributed by atoms with van der Waals surface area (Å²) in [6.07, 6.45) is 3.79. The van der Waals surface area contributed by atoms with Crippen LogP contribution in [0.25, 0.3) is 0 Å². The van der Waals surface area contributed by atoms with Crippen molar-refractivity contribution in [2.24, 2.45) is 5.92 Å². The van der Waals surface area contributed by atoms with E-state index < -0.39 is 0 Å². The molecule has 1 N–H and O–H groups in total. The van der Waals surface area contributed by atoms with Crippen molar-refractivity contribution in [3.05, 3.63) is 35.6 Å². The smallest absolute Gasteiger partial charge is 0.253 e. The molecule has 1 aliphatic heterocycles. The van der Waals surface area contributed by atoms with Crippen molar-refractivity contribution in [2.45, 2.75) is 31.7 Å². The van der Waals surface area contributed by atoms with Gasteiger partial charge in [-0.25, -0.2) is 4.39 Å². The molecule has 2 fully saturated rings. The molecule has 0 bridgehead atoms. The molecular weight excluding hydrogens is 271 g/mol. The molecule has 0 spiro atoms. The molecule has 0 aromatic heterocycles. The Balaban J connectivity index is 1.63. The van der Waals surface area contributed by atoms with Crippen LogP contribution in [-0.2, 0) is 4.79 Å². The first kappa shape index (κ1) is 14.0. The van der Waals surface area contributed by atoms with Crippen molar-refractivity contribution >= 4 is 11.8 Å². The number of hydrogen-bond acceptors (Lipinski definition) is 2. The molecule has 2 amide bonds. The van der Waals surface area contributed by atoms with Crippen LogP contribution in [0.2, 0.25) is 0 Å². The molecule has 21 heavy (non-hydrogen) atoms. The summed E-state index contributed by atoms with van der Waals surface area (Å²) in [6.45, 7) is 1.11. The van der Waals surface area contributed by atoms with Gasteiger partial charge in [0, 0.05) is 24.7 Å². The van der Waals surface area contributed by atoms with Crippen molar-refractivity contribution in [3.63, 3.8) is 0 Å². The zero-order valence-electron chi connectivity index (χ0n) is 11.8. The number of nitrogens with zero attached hydrogens (tertiary/aromatic N) is 1. The lowest BCUT2D eigenvalue weighted by Gasteiger charge is -2.32. The highest BCUT2D eigenvalue weighted by molar-refractivity contribution is 5.94. The van der Waals surface area contributed by atoms with Gasteiger partial charge in [0.05, 0.1) is 5.92 Å². The Kier molecular flexibility index (Phi) is 3.90. The lowest BCUT2D eigenvalue weighted by Crippen LogP contribution is -2.45.